The van der Waals surface area contributed by atoms with Gasteiger partial charge in [-0.15, -0.1) is 0 Å². The molecule has 0 aliphatic heterocycles. The van der Waals surface area contributed by atoms with Crippen LogP contribution in [0, 0.1) is 0 Å². The number of aliphatic hydroxyl groups is 1. The van der Waals surface area contributed by atoms with Crippen LogP contribution < -0.4 is 0 Å². The van der Waals surface area contributed by atoms with Crippen LogP contribution in [0.1, 0.15) is 31.1 Å². The highest BCUT2D eigenvalue weighted by Crippen LogP contribution is 2.18. The minimum Gasteiger partial charge on any atom is -0.462 e. The Morgan fingerprint density at radius 3 is 2.29 bits per heavy atom. The molecule has 1 rings (SSSR count). The van der Waals surface area contributed by atoms with E-state index in [-0.39, 0.29) is 30.7 Å². The topological polar surface area (TPSA) is 83.9 Å². The predicted octanol–water partition coefficient (Wildman–Crippen LogP) is 1.25. The molecule has 0 radical (unpaired) electrons. The molecule has 0 fully saturated rings. The fraction of sp³-hybridized carbons (Fsp3) is 0.500. The van der Waals surface area contributed by atoms with Gasteiger partial charge in [0.1, 0.15) is 0 Å². The molecule has 0 aliphatic rings. The minimum absolute atomic E-state index is 0.0274. The number of nitrogens with zero attached hydrogens (tertiary/aromatic N) is 1. The lowest BCUT2D eigenvalue weighted by atomic mass is 10.2. The maximum Gasteiger partial charge on any atom is 0.338 e. The molecule has 1 N–H and O–H groups in total. The third kappa shape index (κ3) is 4.26. The molecule has 0 saturated heterocycles. The molecular formula is C14H21NO5S. The number of esters is 1. The zero-order valence-electron chi connectivity index (χ0n) is 12.4. The highest BCUT2D eigenvalue weighted by molar-refractivity contribution is 7.89. The second-order valence-electron chi connectivity index (χ2n) is 4.68. The molecule has 118 valence electrons. The fourth-order valence-electron chi connectivity index (χ4n) is 1.87. The molecule has 0 atom stereocenters. The van der Waals surface area contributed by atoms with Gasteiger partial charge in [-0.3, -0.25) is 0 Å². The summed E-state index contributed by atoms with van der Waals surface area (Å²) in [5, 5.41) is 9.00. The van der Waals surface area contributed by atoms with Crippen molar-refractivity contribution in [1.29, 1.82) is 0 Å². The van der Waals surface area contributed by atoms with E-state index in [0.717, 1.165) is 0 Å². The molecule has 0 unspecified atom stereocenters. The maximum atomic E-state index is 12.5. The first-order valence-corrected chi connectivity index (χ1v) is 8.18. The molecule has 1 aromatic rings. The van der Waals surface area contributed by atoms with Crippen LogP contribution in [0.5, 0.6) is 0 Å². The second kappa shape index (κ2) is 7.53. The number of carbonyl (C=O) groups excluding carboxylic acids is 1. The Bertz CT molecular complexity index is 566. The molecule has 0 aromatic heterocycles. The van der Waals surface area contributed by atoms with E-state index in [9.17, 15) is 13.2 Å². The Kier molecular flexibility index (Phi) is 6.32. The zero-order valence-corrected chi connectivity index (χ0v) is 13.3. The summed E-state index contributed by atoms with van der Waals surface area (Å²) < 4.78 is 31.0. The molecule has 0 aliphatic carbocycles. The van der Waals surface area contributed by atoms with E-state index in [1.165, 1.54) is 28.6 Å². The van der Waals surface area contributed by atoms with Crippen molar-refractivity contribution >= 4 is 16.0 Å². The third-order valence-electron chi connectivity index (χ3n) is 2.87. The van der Waals surface area contributed by atoms with Crippen LogP contribution in [0.4, 0.5) is 0 Å². The Hall–Kier alpha value is -1.44. The predicted molar refractivity (Wildman–Crippen MR) is 78.5 cm³/mol. The van der Waals surface area contributed by atoms with E-state index >= 15 is 0 Å². The lowest BCUT2D eigenvalue weighted by Crippen LogP contribution is -2.38. The molecule has 0 amide bonds. The van der Waals surface area contributed by atoms with Crippen LogP contribution in [0.15, 0.2) is 29.2 Å². The van der Waals surface area contributed by atoms with Crippen LogP contribution in [0.2, 0.25) is 0 Å². The largest absolute Gasteiger partial charge is 0.462 e. The summed E-state index contributed by atoms with van der Waals surface area (Å²) >= 11 is 0. The van der Waals surface area contributed by atoms with Gasteiger partial charge in [-0.2, -0.15) is 4.31 Å². The Labute approximate surface area is 125 Å². The number of carbonyl (C=O) groups is 1. The van der Waals surface area contributed by atoms with Gasteiger partial charge in [-0.1, -0.05) is 0 Å². The molecule has 6 nitrogen and oxygen atoms in total. The highest BCUT2D eigenvalue weighted by atomic mass is 32.2. The molecule has 7 heteroatoms. The van der Waals surface area contributed by atoms with E-state index in [1.807, 2.05) is 0 Å². The third-order valence-corrected chi connectivity index (χ3v) is 4.96. The van der Waals surface area contributed by atoms with Gasteiger partial charge in [0.25, 0.3) is 0 Å². The molecule has 0 spiro atoms. The van der Waals surface area contributed by atoms with Crippen LogP contribution in [-0.4, -0.2) is 49.6 Å². The Morgan fingerprint density at radius 1 is 1.29 bits per heavy atom. The van der Waals surface area contributed by atoms with Gasteiger partial charge in [0.2, 0.25) is 10.0 Å². The smallest absolute Gasteiger partial charge is 0.338 e. The molecule has 0 saturated carbocycles. The van der Waals surface area contributed by atoms with Gasteiger partial charge in [-0.05, 0) is 45.0 Å². The molecule has 1 aromatic carbocycles. The van der Waals surface area contributed by atoms with Crippen molar-refractivity contribution in [3.05, 3.63) is 29.8 Å². The Balaban J connectivity index is 3.06. The average Bonchev–Trinajstić information content (AvgIpc) is 2.44. The number of rotatable bonds is 7. The number of hydrogen-bond acceptors (Lipinski definition) is 5. The monoisotopic (exact) mass is 315 g/mol. The van der Waals surface area contributed by atoms with Gasteiger partial charge in [0, 0.05) is 12.6 Å². The minimum atomic E-state index is -3.70. The van der Waals surface area contributed by atoms with Crippen LogP contribution in [-0.2, 0) is 14.8 Å². The quantitative estimate of drug-likeness (QED) is 0.766. The van der Waals surface area contributed by atoms with E-state index in [0.29, 0.717) is 5.56 Å². The summed E-state index contributed by atoms with van der Waals surface area (Å²) in [5.74, 6) is -0.488. The van der Waals surface area contributed by atoms with Gasteiger partial charge in [0.05, 0.1) is 23.7 Å². The number of sulfonamides is 1. The van der Waals surface area contributed by atoms with Crippen molar-refractivity contribution in [3.63, 3.8) is 0 Å². The number of benzene rings is 1. The van der Waals surface area contributed by atoms with E-state index in [1.54, 1.807) is 20.8 Å². The summed E-state index contributed by atoms with van der Waals surface area (Å²) in [6.07, 6.45) is 0. The summed E-state index contributed by atoms with van der Waals surface area (Å²) in [6, 6.07) is 5.31. The first-order valence-electron chi connectivity index (χ1n) is 6.74. The standard InChI is InChI=1S/C14H21NO5S/c1-4-20-14(17)12-5-7-13(8-6-12)21(18,19)15(9-10-16)11(2)3/h5-8,11,16H,4,9-10H2,1-3H3. The second-order valence-corrected chi connectivity index (χ2v) is 6.57. The number of aliphatic hydroxyl groups excluding tert-OH is 1. The first-order chi connectivity index (χ1) is 9.84. The van der Waals surface area contributed by atoms with Crippen molar-refractivity contribution in [3.8, 4) is 0 Å². The lowest BCUT2D eigenvalue weighted by Gasteiger charge is -2.25. The van der Waals surface area contributed by atoms with E-state index in [2.05, 4.69) is 0 Å². The first kappa shape index (κ1) is 17.6. The maximum absolute atomic E-state index is 12.5. The SMILES string of the molecule is CCOC(=O)c1ccc(S(=O)(=O)N(CCO)C(C)C)cc1. The normalized spacial score (nSPS) is 11.9. The molecular weight excluding hydrogens is 294 g/mol. The number of hydrogen-bond donors (Lipinski definition) is 1. The van der Waals surface area contributed by atoms with E-state index in [4.69, 9.17) is 9.84 Å². The highest BCUT2D eigenvalue weighted by Gasteiger charge is 2.26. The van der Waals surface area contributed by atoms with Crippen LogP contribution >= 0.6 is 0 Å². The van der Waals surface area contributed by atoms with Crippen molar-refractivity contribution in [1.82, 2.24) is 4.31 Å². The van der Waals surface area contributed by atoms with Crippen LogP contribution in [0.3, 0.4) is 0 Å². The van der Waals surface area contributed by atoms with Crippen molar-refractivity contribution in [2.75, 3.05) is 19.8 Å². The van der Waals surface area contributed by atoms with Gasteiger partial charge >= 0.3 is 5.97 Å². The zero-order chi connectivity index (χ0) is 16.0. The van der Waals surface area contributed by atoms with Gasteiger partial charge in [-0.25, -0.2) is 13.2 Å². The Morgan fingerprint density at radius 2 is 1.86 bits per heavy atom. The molecule has 0 bridgehead atoms. The van der Waals surface area contributed by atoms with E-state index < -0.39 is 16.0 Å². The van der Waals surface area contributed by atoms with Gasteiger partial charge in [0.15, 0.2) is 0 Å². The average molecular weight is 315 g/mol. The molecule has 21 heavy (non-hydrogen) atoms. The summed E-state index contributed by atoms with van der Waals surface area (Å²) in [6.45, 7) is 5.21. The van der Waals surface area contributed by atoms with Gasteiger partial charge < -0.3 is 9.84 Å². The number of ether oxygens (including phenoxy) is 1. The van der Waals surface area contributed by atoms with Crippen molar-refractivity contribution in [2.45, 2.75) is 31.7 Å². The summed E-state index contributed by atoms with van der Waals surface area (Å²) in [4.78, 5) is 11.6. The molecule has 0 heterocycles. The fourth-order valence-corrected chi connectivity index (χ4v) is 3.50. The van der Waals surface area contributed by atoms with Crippen molar-refractivity contribution < 1.29 is 23.1 Å². The van der Waals surface area contributed by atoms with Crippen molar-refractivity contribution in [2.24, 2.45) is 0 Å². The summed E-state index contributed by atoms with van der Waals surface area (Å²) in [5.41, 5.74) is 0.300. The van der Waals surface area contributed by atoms with Crippen LogP contribution in [0.25, 0.3) is 0 Å². The summed E-state index contributed by atoms with van der Waals surface area (Å²) in [7, 11) is -3.70. The lowest BCUT2D eigenvalue weighted by molar-refractivity contribution is 0.0526.